The van der Waals surface area contributed by atoms with Crippen LogP contribution in [0.2, 0.25) is 0 Å². The van der Waals surface area contributed by atoms with Crippen LogP contribution < -0.4 is 5.32 Å². The third kappa shape index (κ3) is 6.46. The number of hydrogen-bond donors (Lipinski definition) is 3. The maximum absolute atomic E-state index is 12.4. The number of rotatable bonds is 3. The summed E-state index contributed by atoms with van der Waals surface area (Å²) in [4.78, 5) is 28.8. The summed E-state index contributed by atoms with van der Waals surface area (Å²) in [6.07, 6.45) is 9.78. The Kier molecular flexibility index (Phi) is 8.08. The number of aromatic hydroxyl groups is 2. The number of fused-ring (bicyclic) bond motifs is 1. The lowest BCUT2D eigenvalue weighted by atomic mass is 10.00. The van der Waals surface area contributed by atoms with E-state index in [1.165, 1.54) is 13.1 Å². The van der Waals surface area contributed by atoms with Crippen LogP contribution in [0.1, 0.15) is 35.2 Å². The molecule has 0 saturated carbocycles. The van der Waals surface area contributed by atoms with Crippen molar-refractivity contribution in [2.24, 2.45) is 5.16 Å². The number of phenolic OH excluding ortho intramolecular Hbond substituents is 2. The van der Waals surface area contributed by atoms with Crippen molar-refractivity contribution in [3.63, 3.8) is 0 Å². The van der Waals surface area contributed by atoms with Crippen LogP contribution in [0.15, 0.2) is 41.6 Å². The smallest absolute Gasteiger partial charge is 0.342 e. The molecule has 1 aliphatic rings. The predicted molar refractivity (Wildman–Crippen MR) is 103 cm³/mol. The molecule has 150 valence electrons. The number of likely N-dealkylation sites (N-methyl/N-ethyl adjacent to an activating group) is 1. The summed E-state index contributed by atoms with van der Waals surface area (Å²) >= 11 is 0. The van der Waals surface area contributed by atoms with Crippen LogP contribution in [0, 0.1) is 0 Å². The van der Waals surface area contributed by atoms with Gasteiger partial charge >= 0.3 is 5.97 Å². The molecule has 28 heavy (non-hydrogen) atoms. The quantitative estimate of drug-likeness (QED) is 0.415. The molecule has 8 heteroatoms. The minimum Gasteiger partial charge on any atom is -0.508 e. The van der Waals surface area contributed by atoms with Crippen LogP contribution in [0.5, 0.6) is 11.5 Å². The van der Waals surface area contributed by atoms with Gasteiger partial charge in [0.2, 0.25) is 0 Å². The van der Waals surface area contributed by atoms with E-state index in [9.17, 15) is 19.8 Å². The van der Waals surface area contributed by atoms with Gasteiger partial charge in [0.15, 0.2) is 6.61 Å². The van der Waals surface area contributed by atoms with Crippen LogP contribution in [0.3, 0.4) is 0 Å². The van der Waals surface area contributed by atoms with Crippen LogP contribution >= 0.6 is 0 Å². The first-order chi connectivity index (χ1) is 13.5. The van der Waals surface area contributed by atoms with E-state index in [1.807, 2.05) is 18.2 Å². The number of oxime groups is 1. The zero-order valence-electron chi connectivity index (χ0n) is 15.7. The average molecular weight is 388 g/mol. The molecule has 1 aliphatic heterocycles. The third-order valence-corrected chi connectivity index (χ3v) is 3.91. The SMILES string of the molecule is CNC(=O)CO/N=C1/C=C/CC/C=C/CCOC(=O)c2c(O)cc(O)cc2C1. The van der Waals surface area contributed by atoms with E-state index in [1.54, 1.807) is 6.08 Å². The first kappa shape index (κ1) is 21.0. The lowest BCUT2D eigenvalue weighted by Gasteiger charge is -2.12. The largest absolute Gasteiger partial charge is 0.508 e. The van der Waals surface area contributed by atoms with Crippen LogP contribution in [0.4, 0.5) is 0 Å². The van der Waals surface area contributed by atoms with Crippen molar-refractivity contribution >= 4 is 17.6 Å². The molecule has 0 spiro atoms. The number of benzene rings is 1. The van der Waals surface area contributed by atoms with Crippen molar-refractivity contribution in [1.29, 1.82) is 0 Å². The third-order valence-electron chi connectivity index (χ3n) is 3.91. The van der Waals surface area contributed by atoms with E-state index >= 15 is 0 Å². The molecule has 8 nitrogen and oxygen atoms in total. The number of carbonyl (C=O) groups excluding carboxylic acids is 2. The minimum atomic E-state index is -0.687. The van der Waals surface area contributed by atoms with Gasteiger partial charge in [-0.25, -0.2) is 4.79 Å². The van der Waals surface area contributed by atoms with E-state index in [-0.39, 0.29) is 42.6 Å². The molecule has 1 amide bonds. The highest BCUT2D eigenvalue weighted by molar-refractivity contribution is 6.00. The number of ether oxygens (including phenoxy) is 1. The van der Waals surface area contributed by atoms with Gasteiger partial charge in [0.05, 0.1) is 12.3 Å². The van der Waals surface area contributed by atoms with Gasteiger partial charge in [-0.1, -0.05) is 23.4 Å². The second kappa shape index (κ2) is 10.8. The van der Waals surface area contributed by atoms with Gasteiger partial charge in [0.25, 0.3) is 5.91 Å². The molecule has 1 aromatic rings. The summed E-state index contributed by atoms with van der Waals surface area (Å²) in [7, 11) is 1.49. The Morgan fingerprint density at radius 3 is 2.75 bits per heavy atom. The number of carbonyl (C=O) groups is 2. The van der Waals surface area contributed by atoms with Gasteiger partial charge in [-0.05, 0) is 37.0 Å². The number of esters is 1. The summed E-state index contributed by atoms with van der Waals surface area (Å²) < 4.78 is 5.22. The Labute approximate surface area is 163 Å². The normalized spacial score (nSPS) is 19.0. The van der Waals surface area contributed by atoms with Crippen LogP contribution in [0.25, 0.3) is 0 Å². The fourth-order valence-corrected chi connectivity index (χ4v) is 2.55. The molecule has 0 unspecified atom stereocenters. The van der Waals surface area contributed by atoms with Crippen molar-refractivity contribution in [1.82, 2.24) is 5.32 Å². The number of allylic oxidation sites excluding steroid dienone is 3. The van der Waals surface area contributed by atoms with Gasteiger partial charge < -0.3 is 25.1 Å². The monoisotopic (exact) mass is 388 g/mol. The highest BCUT2D eigenvalue weighted by Crippen LogP contribution is 2.29. The minimum absolute atomic E-state index is 0.0359. The topological polar surface area (TPSA) is 117 Å². The molecule has 0 aliphatic carbocycles. The molecular formula is C20H24N2O6. The molecule has 0 aromatic heterocycles. The van der Waals surface area contributed by atoms with E-state index in [2.05, 4.69) is 10.5 Å². The summed E-state index contributed by atoms with van der Waals surface area (Å²) in [5.74, 6) is -1.59. The first-order valence-electron chi connectivity index (χ1n) is 8.94. The van der Waals surface area contributed by atoms with Crippen molar-refractivity contribution < 1.29 is 29.4 Å². The van der Waals surface area contributed by atoms with Crippen LogP contribution in [-0.4, -0.2) is 48.1 Å². The Bertz CT molecular complexity index is 798. The van der Waals surface area contributed by atoms with E-state index < -0.39 is 5.97 Å². The Morgan fingerprint density at radius 1 is 1.21 bits per heavy atom. The Morgan fingerprint density at radius 2 is 1.96 bits per heavy atom. The predicted octanol–water partition coefficient (Wildman–Crippen LogP) is 2.21. The van der Waals surface area contributed by atoms with Crippen molar-refractivity contribution in [3.05, 3.63) is 47.6 Å². The summed E-state index contributed by atoms with van der Waals surface area (Å²) in [6, 6.07) is 2.45. The average Bonchev–Trinajstić information content (AvgIpc) is 2.65. The van der Waals surface area contributed by atoms with Gasteiger partial charge in [-0.3, -0.25) is 4.79 Å². The van der Waals surface area contributed by atoms with E-state index in [0.29, 0.717) is 17.7 Å². The highest BCUT2D eigenvalue weighted by atomic mass is 16.6. The Balaban J connectivity index is 2.36. The maximum Gasteiger partial charge on any atom is 0.342 e. The van der Waals surface area contributed by atoms with Crippen LogP contribution in [-0.2, 0) is 20.8 Å². The maximum atomic E-state index is 12.4. The summed E-state index contributed by atoms with van der Waals surface area (Å²) in [5, 5.41) is 26.4. The second-order valence-electron chi connectivity index (χ2n) is 6.08. The molecule has 1 heterocycles. The molecule has 0 fully saturated rings. The second-order valence-corrected chi connectivity index (χ2v) is 6.08. The fourth-order valence-electron chi connectivity index (χ4n) is 2.55. The standard InChI is InChI=1S/C20H24N2O6/c1-21-18(25)13-28-22-15-8-6-4-2-3-5-7-9-27-20(26)19-14(10-15)11-16(23)12-17(19)24/h3,5-6,8,11-12,23-24H,2,4,7,9-10,13H2,1H3,(H,21,25)/b5-3+,8-6+,22-15-. The van der Waals surface area contributed by atoms with Gasteiger partial charge in [-0.15, -0.1) is 0 Å². The Hall–Kier alpha value is -3.29. The van der Waals surface area contributed by atoms with Crippen molar-refractivity contribution in [2.75, 3.05) is 20.3 Å². The highest BCUT2D eigenvalue weighted by Gasteiger charge is 2.20. The van der Waals surface area contributed by atoms with E-state index in [0.717, 1.165) is 18.9 Å². The van der Waals surface area contributed by atoms with Crippen molar-refractivity contribution in [2.45, 2.75) is 25.7 Å². The number of amides is 1. The van der Waals surface area contributed by atoms with Gasteiger partial charge in [-0.2, -0.15) is 0 Å². The zero-order chi connectivity index (χ0) is 20.4. The first-order valence-corrected chi connectivity index (χ1v) is 8.94. The fraction of sp³-hybridized carbons (Fsp3) is 0.350. The lowest BCUT2D eigenvalue weighted by molar-refractivity contribution is -0.125. The summed E-state index contributed by atoms with van der Waals surface area (Å²) in [6.45, 7) is -0.0715. The molecule has 2 rings (SSSR count). The number of nitrogens with one attached hydrogen (secondary N) is 1. The van der Waals surface area contributed by atoms with Gasteiger partial charge in [0, 0.05) is 19.5 Å². The number of hydrogen-bond acceptors (Lipinski definition) is 7. The molecular weight excluding hydrogens is 364 g/mol. The lowest BCUT2D eigenvalue weighted by Crippen LogP contribution is -2.22. The molecule has 0 radical (unpaired) electrons. The summed E-state index contributed by atoms with van der Waals surface area (Å²) in [5.41, 5.74) is 0.720. The van der Waals surface area contributed by atoms with Crippen molar-refractivity contribution in [3.8, 4) is 11.5 Å². The number of cyclic esters (lactones) is 1. The molecule has 0 bridgehead atoms. The molecule has 1 aromatic carbocycles. The number of phenols is 2. The molecule has 0 saturated heterocycles. The molecule has 0 atom stereocenters. The van der Waals surface area contributed by atoms with E-state index in [4.69, 9.17) is 9.57 Å². The zero-order valence-corrected chi connectivity index (χ0v) is 15.7. The molecule has 3 N–H and O–H groups in total. The van der Waals surface area contributed by atoms with Gasteiger partial charge in [0.1, 0.15) is 17.1 Å². The number of nitrogens with zero attached hydrogens (tertiary/aromatic N) is 1.